The fourth-order valence-corrected chi connectivity index (χ4v) is 0.376. The van der Waals surface area contributed by atoms with Gasteiger partial charge in [-0.1, -0.05) is 0 Å². The molecule has 0 unspecified atom stereocenters. The third-order valence-electron chi connectivity index (χ3n) is 0.745. The first-order valence-electron chi connectivity index (χ1n) is 2.15. The molecule has 1 heterocycles. The van der Waals surface area contributed by atoms with Crippen molar-refractivity contribution in [3.05, 3.63) is 24.9 Å². The molecule has 0 bridgehead atoms. The molecule has 0 aromatic rings. The quantitative estimate of drug-likeness (QED) is 0.515. The molecule has 0 aromatic carbocycles. The lowest BCUT2D eigenvalue weighted by molar-refractivity contribution is -0.114. The zero-order valence-electron chi connectivity index (χ0n) is 4.56. The summed E-state index contributed by atoms with van der Waals surface area (Å²) in [6.45, 7) is 0. The predicted octanol–water partition coefficient (Wildman–Crippen LogP) is 0.839. The molecule has 0 spiro atoms. The molecule has 0 N–H and O–H groups in total. The lowest BCUT2D eigenvalue weighted by atomic mass is 10.7. The summed E-state index contributed by atoms with van der Waals surface area (Å²) in [5.74, 6) is 0. The Morgan fingerprint density at radius 2 is 1.89 bits per heavy atom. The predicted molar refractivity (Wildman–Crippen MR) is 34.5 cm³/mol. The van der Waals surface area contributed by atoms with E-state index in [0.717, 1.165) is 0 Å². The van der Waals surface area contributed by atoms with E-state index in [1.165, 1.54) is 29.8 Å². The van der Waals surface area contributed by atoms with Gasteiger partial charge in [0.25, 0.3) is 0 Å². The van der Waals surface area contributed by atoms with Crippen LogP contribution in [0.5, 0.6) is 0 Å². The summed E-state index contributed by atoms with van der Waals surface area (Å²) in [5.41, 5.74) is 0. The molecule has 0 radical (unpaired) electrons. The molecular formula is C5H6ClNO2. The van der Waals surface area contributed by atoms with Crippen molar-refractivity contribution < 1.29 is 9.53 Å². The zero-order chi connectivity index (χ0) is 5.82. The van der Waals surface area contributed by atoms with Crippen molar-refractivity contribution in [2.75, 3.05) is 0 Å². The number of carbonyl (C=O) groups excluding carboxylic acids is 1. The number of halogens is 1. The minimum Gasteiger partial charge on any atom is -0.470 e. The van der Waals surface area contributed by atoms with Crippen molar-refractivity contribution in [1.82, 2.24) is 4.90 Å². The van der Waals surface area contributed by atoms with Gasteiger partial charge in [0.2, 0.25) is 6.41 Å². The molecule has 1 aliphatic heterocycles. The van der Waals surface area contributed by atoms with Crippen molar-refractivity contribution in [3.63, 3.8) is 0 Å². The Balaban J connectivity index is 0.000000640. The molecule has 1 rings (SSSR count). The number of amides is 1. The SMILES string of the molecule is Cl.O=CN1C=COC=C1. The van der Waals surface area contributed by atoms with Gasteiger partial charge in [0.1, 0.15) is 12.5 Å². The Labute approximate surface area is 59.0 Å². The summed E-state index contributed by atoms with van der Waals surface area (Å²) in [5, 5.41) is 0. The molecule has 0 atom stereocenters. The van der Waals surface area contributed by atoms with Crippen LogP contribution in [-0.4, -0.2) is 11.3 Å². The highest BCUT2D eigenvalue weighted by Crippen LogP contribution is 1.94. The Kier molecular flexibility index (Phi) is 3.55. The van der Waals surface area contributed by atoms with Gasteiger partial charge in [-0.25, -0.2) is 0 Å². The topological polar surface area (TPSA) is 29.5 Å². The molecule has 0 saturated heterocycles. The average Bonchev–Trinajstić information content (AvgIpc) is 1.90. The summed E-state index contributed by atoms with van der Waals surface area (Å²) in [6, 6.07) is 0. The van der Waals surface area contributed by atoms with Gasteiger partial charge in [0, 0.05) is 12.4 Å². The number of hydrogen-bond acceptors (Lipinski definition) is 2. The summed E-state index contributed by atoms with van der Waals surface area (Å²) in [7, 11) is 0. The van der Waals surface area contributed by atoms with Crippen molar-refractivity contribution in [1.29, 1.82) is 0 Å². The molecule has 50 valence electrons. The van der Waals surface area contributed by atoms with Crippen molar-refractivity contribution in [2.24, 2.45) is 0 Å². The normalized spacial score (nSPS) is 14.0. The van der Waals surface area contributed by atoms with Gasteiger partial charge in [-0.05, 0) is 0 Å². The molecule has 0 aromatic heterocycles. The van der Waals surface area contributed by atoms with E-state index in [9.17, 15) is 4.79 Å². The maximum atomic E-state index is 9.93. The molecular weight excluding hydrogens is 142 g/mol. The van der Waals surface area contributed by atoms with Crippen molar-refractivity contribution >= 4 is 18.8 Å². The molecule has 1 amide bonds. The smallest absolute Gasteiger partial charge is 0.217 e. The molecule has 0 saturated carbocycles. The number of hydrogen-bond donors (Lipinski definition) is 0. The molecule has 0 fully saturated rings. The molecule has 3 nitrogen and oxygen atoms in total. The Morgan fingerprint density at radius 1 is 1.33 bits per heavy atom. The van der Waals surface area contributed by atoms with Crippen molar-refractivity contribution in [2.45, 2.75) is 0 Å². The second-order valence-electron chi connectivity index (χ2n) is 1.26. The van der Waals surface area contributed by atoms with E-state index < -0.39 is 0 Å². The number of ether oxygens (including phenoxy) is 1. The van der Waals surface area contributed by atoms with Crippen LogP contribution in [0.3, 0.4) is 0 Å². The van der Waals surface area contributed by atoms with E-state index in [2.05, 4.69) is 4.74 Å². The zero-order valence-corrected chi connectivity index (χ0v) is 5.38. The third-order valence-corrected chi connectivity index (χ3v) is 0.745. The summed E-state index contributed by atoms with van der Waals surface area (Å²) < 4.78 is 4.64. The minimum atomic E-state index is 0. The highest BCUT2D eigenvalue weighted by Gasteiger charge is 1.91. The first-order valence-corrected chi connectivity index (χ1v) is 2.15. The first-order chi connectivity index (χ1) is 3.93. The average molecular weight is 148 g/mol. The summed E-state index contributed by atoms with van der Waals surface area (Å²) >= 11 is 0. The third kappa shape index (κ3) is 2.19. The molecule has 1 aliphatic rings. The monoisotopic (exact) mass is 147 g/mol. The van der Waals surface area contributed by atoms with Gasteiger partial charge in [-0.15, -0.1) is 12.4 Å². The van der Waals surface area contributed by atoms with E-state index in [4.69, 9.17) is 0 Å². The largest absolute Gasteiger partial charge is 0.470 e. The van der Waals surface area contributed by atoms with E-state index >= 15 is 0 Å². The van der Waals surface area contributed by atoms with Crippen LogP contribution in [0, 0.1) is 0 Å². The van der Waals surface area contributed by atoms with Gasteiger partial charge in [0.05, 0.1) is 0 Å². The number of rotatable bonds is 1. The van der Waals surface area contributed by atoms with Crippen LogP contribution in [0.2, 0.25) is 0 Å². The highest BCUT2D eigenvalue weighted by atomic mass is 35.5. The molecule has 4 heteroatoms. The van der Waals surface area contributed by atoms with E-state index in [-0.39, 0.29) is 12.4 Å². The van der Waals surface area contributed by atoms with Crippen LogP contribution in [-0.2, 0) is 9.53 Å². The van der Waals surface area contributed by atoms with Gasteiger partial charge >= 0.3 is 0 Å². The maximum absolute atomic E-state index is 9.93. The number of carbonyl (C=O) groups is 1. The first kappa shape index (κ1) is 8.04. The highest BCUT2D eigenvalue weighted by molar-refractivity contribution is 5.85. The van der Waals surface area contributed by atoms with E-state index in [1.807, 2.05) is 0 Å². The van der Waals surface area contributed by atoms with Crippen LogP contribution < -0.4 is 0 Å². The van der Waals surface area contributed by atoms with Crippen LogP contribution >= 0.6 is 12.4 Å². The lowest BCUT2D eigenvalue weighted by Gasteiger charge is -2.06. The van der Waals surface area contributed by atoms with Gasteiger partial charge < -0.3 is 4.74 Å². The summed E-state index contributed by atoms with van der Waals surface area (Å²) in [4.78, 5) is 11.3. The summed E-state index contributed by atoms with van der Waals surface area (Å²) in [6.07, 6.45) is 6.58. The molecule has 9 heavy (non-hydrogen) atoms. The number of nitrogens with zero attached hydrogens (tertiary/aromatic N) is 1. The van der Waals surface area contributed by atoms with Crippen LogP contribution in [0.4, 0.5) is 0 Å². The van der Waals surface area contributed by atoms with Crippen LogP contribution in [0.15, 0.2) is 24.9 Å². The molecule has 0 aliphatic carbocycles. The fourth-order valence-electron chi connectivity index (χ4n) is 0.376. The minimum absolute atomic E-state index is 0. The standard InChI is InChI=1S/C5H5NO2.ClH/c7-5-6-1-3-8-4-2-6;/h1-5H;1H. The fraction of sp³-hybridized carbons (Fsp3) is 0. The van der Waals surface area contributed by atoms with E-state index in [1.54, 1.807) is 0 Å². The van der Waals surface area contributed by atoms with Crippen LogP contribution in [0.1, 0.15) is 0 Å². The maximum Gasteiger partial charge on any atom is 0.217 e. The van der Waals surface area contributed by atoms with Gasteiger partial charge in [-0.3, -0.25) is 9.69 Å². The Bertz CT molecular complexity index is 132. The second-order valence-corrected chi connectivity index (χ2v) is 1.26. The van der Waals surface area contributed by atoms with Gasteiger partial charge in [0.15, 0.2) is 0 Å². The van der Waals surface area contributed by atoms with Crippen LogP contribution in [0.25, 0.3) is 0 Å². The van der Waals surface area contributed by atoms with Gasteiger partial charge in [-0.2, -0.15) is 0 Å². The van der Waals surface area contributed by atoms with Crippen molar-refractivity contribution in [3.8, 4) is 0 Å². The van der Waals surface area contributed by atoms with E-state index in [0.29, 0.717) is 6.41 Å². The Morgan fingerprint density at radius 3 is 2.22 bits per heavy atom. The second kappa shape index (κ2) is 3.97. The Hall–Kier alpha value is -0.960. The lowest BCUT2D eigenvalue weighted by Crippen LogP contribution is -2.07.